The molecule has 1 aromatic rings. The summed E-state index contributed by atoms with van der Waals surface area (Å²) in [5, 5.41) is 19.0. The predicted octanol–water partition coefficient (Wildman–Crippen LogP) is 1.39. The highest BCUT2D eigenvalue weighted by Crippen LogP contribution is 2.38. The van der Waals surface area contributed by atoms with Crippen molar-refractivity contribution in [1.29, 1.82) is 5.26 Å². The average molecular weight is 313 g/mol. The Kier molecular flexibility index (Phi) is 4.02. The van der Waals surface area contributed by atoms with E-state index in [1.165, 1.54) is 4.90 Å². The number of hydrogen-bond donors (Lipinski definition) is 2. The van der Waals surface area contributed by atoms with Gasteiger partial charge in [0.2, 0.25) is 0 Å². The number of hydrogen-bond acceptors (Lipinski definition) is 4. The molecule has 0 aliphatic carbocycles. The molecule has 3 N–H and O–H groups in total. The fourth-order valence-corrected chi connectivity index (χ4v) is 2.55. The van der Waals surface area contributed by atoms with Crippen molar-refractivity contribution in [2.24, 2.45) is 5.73 Å². The van der Waals surface area contributed by atoms with Gasteiger partial charge in [-0.15, -0.1) is 0 Å². The summed E-state index contributed by atoms with van der Waals surface area (Å²) < 4.78 is 39.4. The second-order valence-corrected chi connectivity index (χ2v) is 5.26. The van der Waals surface area contributed by atoms with Crippen LogP contribution in [0.1, 0.15) is 24.0 Å². The van der Waals surface area contributed by atoms with Crippen molar-refractivity contribution in [3.05, 3.63) is 29.3 Å². The Morgan fingerprint density at radius 3 is 2.68 bits per heavy atom. The molecule has 1 aliphatic rings. The maximum absolute atomic E-state index is 13.1. The molecule has 0 unspecified atom stereocenters. The molecule has 1 fully saturated rings. The lowest BCUT2D eigenvalue weighted by Gasteiger charge is -2.39. The number of alkyl halides is 3. The molecular formula is C14H14F3N3O2. The fraction of sp³-hybridized carbons (Fsp3) is 0.429. The maximum Gasteiger partial charge on any atom is 0.418 e. The van der Waals surface area contributed by atoms with Gasteiger partial charge in [-0.3, -0.25) is 4.79 Å². The number of nitriles is 1. The van der Waals surface area contributed by atoms with Gasteiger partial charge in [-0.2, -0.15) is 18.4 Å². The molecule has 2 rings (SSSR count). The lowest BCUT2D eigenvalue weighted by molar-refractivity contribution is -0.137. The number of aliphatic hydroxyl groups is 1. The van der Waals surface area contributed by atoms with Gasteiger partial charge in [0, 0.05) is 6.54 Å². The van der Waals surface area contributed by atoms with Crippen LogP contribution in [0.25, 0.3) is 0 Å². The molecule has 1 aromatic carbocycles. The van der Waals surface area contributed by atoms with Crippen LogP contribution in [0, 0.1) is 11.3 Å². The highest BCUT2D eigenvalue weighted by Gasteiger charge is 2.41. The Labute approximate surface area is 124 Å². The molecule has 1 atom stereocenters. The lowest BCUT2D eigenvalue weighted by Crippen LogP contribution is -2.56. The largest absolute Gasteiger partial charge is 0.418 e. The molecular weight excluding hydrogens is 299 g/mol. The van der Waals surface area contributed by atoms with Crippen LogP contribution >= 0.6 is 0 Å². The van der Waals surface area contributed by atoms with E-state index in [0.29, 0.717) is 6.42 Å². The number of nitrogens with two attached hydrogens (primary N) is 1. The molecule has 0 spiro atoms. The van der Waals surface area contributed by atoms with Crippen LogP contribution in [-0.2, 0) is 11.0 Å². The number of carbonyl (C=O) groups excluding carboxylic acids is 1. The Hall–Kier alpha value is -2.27. The molecule has 0 saturated carbocycles. The number of halogens is 3. The Bertz CT molecular complexity index is 639. The van der Waals surface area contributed by atoms with Crippen molar-refractivity contribution in [2.75, 3.05) is 18.0 Å². The van der Waals surface area contributed by atoms with Gasteiger partial charge in [-0.25, -0.2) is 0 Å². The monoisotopic (exact) mass is 313 g/mol. The van der Waals surface area contributed by atoms with E-state index in [2.05, 4.69) is 0 Å². The molecule has 5 nitrogen and oxygen atoms in total. The minimum atomic E-state index is -4.61. The Balaban J connectivity index is 2.47. The molecule has 118 valence electrons. The van der Waals surface area contributed by atoms with Gasteiger partial charge in [0.05, 0.1) is 29.4 Å². The highest BCUT2D eigenvalue weighted by atomic mass is 19.4. The molecule has 1 amide bonds. The number of piperidine rings is 1. The van der Waals surface area contributed by atoms with Gasteiger partial charge < -0.3 is 15.7 Å². The summed E-state index contributed by atoms with van der Waals surface area (Å²) in [6.07, 6.45) is -4.20. The summed E-state index contributed by atoms with van der Waals surface area (Å²) >= 11 is 0. The number of rotatable bonds is 2. The van der Waals surface area contributed by atoms with E-state index in [0.717, 1.165) is 18.2 Å². The zero-order valence-electron chi connectivity index (χ0n) is 11.5. The van der Waals surface area contributed by atoms with Crippen LogP contribution in [0.2, 0.25) is 0 Å². The molecule has 1 aliphatic heterocycles. The van der Waals surface area contributed by atoms with Crippen LogP contribution in [0.4, 0.5) is 18.9 Å². The second kappa shape index (κ2) is 5.50. The normalized spacial score (nSPS) is 22.2. The van der Waals surface area contributed by atoms with Gasteiger partial charge >= 0.3 is 6.18 Å². The zero-order chi connectivity index (χ0) is 16.5. The topological polar surface area (TPSA) is 90.3 Å². The molecule has 0 bridgehead atoms. The van der Waals surface area contributed by atoms with E-state index in [1.807, 2.05) is 0 Å². The first kappa shape index (κ1) is 16.1. The number of amides is 1. The van der Waals surface area contributed by atoms with Crippen LogP contribution < -0.4 is 10.6 Å². The average Bonchev–Trinajstić information content (AvgIpc) is 2.45. The summed E-state index contributed by atoms with van der Waals surface area (Å²) in [5.41, 5.74) is 2.18. The van der Waals surface area contributed by atoms with Gasteiger partial charge in [0.1, 0.15) is 0 Å². The smallest absolute Gasteiger partial charge is 0.378 e. The number of β-amino-alcohol motifs (C(OH)–C–C–N with tert-alkyl or cyclic N) is 1. The first-order chi connectivity index (χ1) is 10.2. The number of anilines is 1. The number of carbonyl (C=O) groups is 1. The first-order valence-corrected chi connectivity index (χ1v) is 6.56. The summed E-state index contributed by atoms with van der Waals surface area (Å²) in [4.78, 5) is 12.6. The third-order valence-electron chi connectivity index (χ3n) is 3.70. The summed E-state index contributed by atoms with van der Waals surface area (Å²) in [6, 6.07) is 4.79. The van der Waals surface area contributed by atoms with E-state index in [-0.39, 0.29) is 30.8 Å². The standard InChI is InChI=1S/C14H14F3N3O2/c15-14(16,17)10-3-2-9(7-18)6-11(10)20-5-1-4-13(22,8-20)12(19)21/h2-3,6,22H,1,4-5,8H2,(H2,19,21)/t13-/m1/s1. The van der Waals surface area contributed by atoms with Crippen LogP contribution in [0.3, 0.4) is 0 Å². The van der Waals surface area contributed by atoms with E-state index in [1.54, 1.807) is 6.07 Å². The van der Waals surface area contributed by atoms with E-state index in [9.17, 15) is 23.1 Å². The first-order valence-electron chi connectivity index (χ1n) is 6.56. The minimum Gasteiger partial charge on any atom is -0.378 e. The number of nitrogens with zero attached hydrogens (tertiary/aromatic N) is 2. The third kappa shape index (κ3) is 2.99. The molecule has 1 saturated heterocycles. The summed E-state index contributed by atoms with van der Waals surface area (Å²) in [6.45, 7) is -0.103. The van der Waals surface area contributed by atoms with E-state index >= 15 is 0 Å². The van der Waals surface area contributed by atoms with Crippen molar-refractivity contribution in [2.45, 2.75) is 24.6 Å². The van der Waals surface area contributed by atoms with Crippen molar-refractivity contribution in [3.8, 4) is 6.07 Å². The van der Waals surface area contributed by atoms with Gasteiger partial charge in [-0.1, -0.05) is 0 Å². The fourth-order valence-electron chi connectivity index (χ4n) is 2.55. The second-order valence-electron chi connectivity index (χ2n) is 5.26. The van der Waals surface area contributed by atoms with Crippen molar-refractivity contribution < 1.29 is 23.1 Å². The van der Waals surface area contributed by atoms with Gasteiger partial charge in [-0.05, 0) is 31.0 Å². The Morgan fingerprint density at radius 2 is 2.14 bits per heavy atom. The zero-order valence-corrected chi connectivity index (χ0v) is 11.5. The number of benzene rings is 1. The van der Waals surface area contributed by atoms with Crippen LogP contribution in [0.15, 0.2) is 18.2 Å². The van der Waals surface area contributed by atoms with Crippen molar-refractivity contribution >= 4 is 11.6 Å². The van der Waals surface area contributed by atoms with E-state index < -0.39 is 23.2 Å². The maximum atomic E-state index is 13.1. The van der Waals surface area contributed by atoms with Gasteiger partial charge in [0.25, 0.3) is 5.91 Å². The molecule has 1 heterocycles. The molecule has 0 radical (unpaired) electrons. The minimum absolute atomic E-state index is 0.0659. The third-order valence-corrected chi connectivity index (χ3v) is 3.70. The quantitative estimate of drug-likeness (QED) is 0.863. The van der Waals surface area contributed by atoms with Crippen LogP contribution in [0.5, 0.6) is 0 Å². The predicted molar refractivity (Wildman–Crippen MR) is 71.8 cm³/mol. The van der Waals surface area contributed by atoms with Crippen molar-refractivity contribution in [1.82, 2.24) is 0 Å². The SMILES string of the molecule is N#Cc1ccc(C(F)(F)F)c(N2CCC[C@](O)(C(N)=O)C2)c1. The molecule has 0 aromatic heterocycles. The Morgan fingerprint density at radius 1 is 1.45 bits per heavy atom. The molecule has 8 heteroatoms. The summed E-state index contributed by atoms with van der Waals surface area (Å²) in [7, 11) is 0. The summed E-state index contributed by atoms with van der Waals surface area (Å²) in [5.74, 6) is -0.970. The van der Waals surface area contributed by atoms with Gasteiger partial charge in [0.15, 0.2) is 5.60 Å². The van der Waals surface area contributed by atoms with Crippen molar-refractivity contribution in [3.63, 3.8) is 0 Å². The molecule has 22 heavy (non-hydrogen) atoms. The van der Waals surface area contributed by atoms with E-state index in [4.69, 9.17) is 11.0 Å². The van der Waals surface area contributed by atoms with Crippen LogP contribution in [-0.4, -0.2) is 29.7 Å². The number of primary amides is 1. The highest BCUT2D eigenvalue weighted by molar-refractivity contribution is 5.84. The lowest BCUT2D eigenvalue weighted by atomic mass is 9.91.